The Labute approximate surface area is 58.1 Å². The minimum Gasteiger partial charge on any atom is -0.392 e. The molecule has 0 aromatic heterocycles. The van der Waals surface area contributed by atoms with E-state index in [9.17, 15) is 5.11 Å². The summed E-state index contributed by atoms with van der Waals surface area (Å²) in [5.41, 5.74) is 0.0359. The molecule has 56 valence electrons. The van der Waals surface area contributed by atoms with Crippen molar-refractivity contribution in [3.8, 4) is 0 Å². The average molecular weight is 130 g/mol. The molecule has 0 aromatic rings. The van der Waals surface area contributed by atoms with Crippen LogP contribution in [0.15, 0.2) is 0 Å². The Kier molecular flexibility index (Phi) is 2.68. The first-order valence-electron chi connectivity index (χ1n) is 3.53. The number of rotatable bonds is 1. The van der Waals surface area contributed by atoms with Crippen LogP contribution in [-0.2, 0) is 0 Å². The van der Waals surface area contributed by atoms with Gasteiger partial charge in [-0.2, -0.15) is 0 Å². The van der Waals surface area contributed by atoms with Crippen molar-refractivity contribution in [2.24, 2.45) is 11.3 Å². The monoisotopic (exact) mass is 130 g/mol. The Bertz CT molecular complexity index is 79.1. The average Bonchev–Trinajstić information content (AvgIpc) is 1.62. The third-order valence-corrected chi connectivity index (χ3v) is 1.52. The topological polar surface area (TPSA) is 20.2 Å². The molecule has 0 rings (SSSR count). The molecular formula is C8H18O. The summed E-state index contributed by atoms with van der Waals surface area (Å²) in [6.45, 7) is 10.2. The Morgan fingerprint density at radius 2 is 1.44 bits per heavy atom. The maximum absolute atomic E-state index is 9.46. The first-order chi connectivity index (χ1) is 3.85. The number of aliphatic hydroxyl groups excluding tert-OH is 1. The Hall–Kier alpha value is -0.0400. The zero-order valence-electron chi connectivity index (χ0n) is 7.10. The van der Waals surface area contributed by atoms with E-state index in [-0.39, 0.29) is 11.5 Å². The van der Waals surface area contributed by atoms with Gasteiger partial charge < -0.3 is 5.11 Å². The molecule has 0 fully saturated rings. The highest BCUT2D eigenvalue weighted by molar-refractivity contribution is 4.74. The summed E-state index contributed by atoms with van der Waals surface area (Å²) in [7, 11) is 0. The lowest BCUT2D eigenvalue weighted by molar-refractivity contribution is 0.0245. The van der Waals surface area contributed by atoms with Crippen LogP contribution in [0.4, 0.5) is 0 Å². The van der Waals surface area contributed by atoms with E-state index >= 15 is 0 Å². The van der Waals surface area contributed by atoms with Gasteiger partial charge in [0.05, 0.1) is 6.10 Å². The van der Waals surface area contributed by atoms with Crippen LogP contribution in [0, 0.1) is 11.3 Å². The quantitative estimate of drug-likeness (QED) is 0.576. The van der Waals surface area contributed by atoms with Crippen molar-refractivity contribution in [1.82, 2.24) is 0 Å². The second-order valence-electron chi connectivity index (χ2n) is 4.05. The number of hydrogen-bond donors (Lipinski definition) is 1. The molecule has 9 heavy (non-hydrogen) atoms. The lowest BCUT2D eigenvalue weighted by atomic mass is 9.83. The van der Waals surface area contributed by atoms with Crippen LogP contribution >= 0.6 is 0 Å². The van der Waals surface area contributed by atoms with Gasteiger partial charge in [0.25, 0.3) is 0 Å². The van der Waals surface area contributed by atoms with Crippen molar-refractivity contribution in [3.63, 3.8) is 0 Å². The van der Waals surface area contributed by atoms with Gasteiger partial charge in [-0.25, -0.2) is 0 Å². The molecule has 0 radical (unpaired) electrons. The van der Waals surface area contributed by atoms with Crippen LogP contribution in [-0.4, -0.2) is 11.2 Å². The third-order valence-electron chi connectivity index (χ3n) is 1.52. The summed E-state index contributed by atoms with van der Waals surface area (Å²) in [5, 5.41) is 9.46. The van der Waals surface area contributed by atoms with Gasteiger partial charge in [-0.15, -0.1) is 0 Å². The molecule has 1 N–H and O–H groups in total. The summed E-state index contributed by atoms with van der Waals surface area (Å²) in [6.07, 6.45) is -0.183. The van der Waals surface area contributed by atoms with Crippen LogP contribution in [0.2, 0.25) is 0 Å². The molecule has 1 atom stereocenters. The van der Waals surface area contributed by atoms with E-state index in [1.165, 1.54) is 0 Å². The Morgan fingerprint density at radius 1 is 1.11 bits per heavy atom. The Balaban J connectivity index is 3.88. The first kappa shape index (κ1) is 8.96. The molecule has 0 unspecified atom stereocenters. The fourth-order valence-electron chi connectivity index (χ4n) is 1.00. The fraction of sp³-hybridized carbons (Fsp3) is 1.00. The SMILES string of the molecule is CC(C)[C@H](O)C(C)(C)C. The molecule has 0 heterocycles. The molecule has 0 amide bonds. The highest BCUT2D eigenvalue weighted by Crippen LogP contribution is 2.24. The van der Waals surface area contributed by atoms with E-state index in [0.717, 1.165) is 0 Å². The van der Waals surface area contributed by atoms with Crippen molar-refractivity contribution in [2.45, 2.75) is 40.7 Å². The third kappa shape index (κ3) is 2.85. The van der Waals surface area contributed by atoms with Crippen LogP contribution in [0.3, 0.4) is 0 Å². The van der Waals surface area contributed by atoms with Gasteiger partial charge in [0.1, 0.15) is 0 Å². The minimum atomic E-state index is -0.183. The summed E-state index contributed by atoms with van der Waals surface area (Å²) in [5.74, 6) is 0.366. The maximum atomic E-state index is 9.46. The molecule has 1 nitrogen and oxygen atoms in total. The van der Waals surface area contributed by atoms with Crippen molar-refractivity contribution in [3.05, 3.63) is 0 Å². The van der Waals surface area contributed by atoms with Crippen molar-refractivity contribution in [1.29, 1.82) is 0 Å². The molecular weight excluding hydrogens is 112 g/mol. The predicted octanol–water partition coefficient (Wildman–Crippen LogP) is 2.05. The number of hydrogen-bond acceptors (Lipinski definition) is 1. The van der Waals surface area contributed by atoms with Gasteiger partial charge >= 0.3 is 0 Å². The lowest BCUT2D eigenvalue weighted by Gasteiger charge is -2.28. The molecule has 0 bridgehead atoms. The lowest BCUT2D eigenvalue weighted by Crippen LogP contribution is -2.30. The van der Waals surface area contributed by atoms with E-state index in [1.807, 2.05) is 13.8 Å². The van der Waals surface area contributed by atoms with E-state index in [0.29, 0.717) is 5.92 Å². The molecule has 0 aliphatic rings. The van der Waals surface area contributed by atoms with E-state index in [1.54, 1.807) is 0 Å². The van der Waals surface area contributed by atoms with Crippen LogP contribution in [0.25, 0.3) is 0 Å². The summed E-state index contributed by atoms with van der Waals surface area (Å²) < 4.78 is 0. The Morgan fingerprint density at radius 3 is 1.44 bits per heavy atom. The molecule has 0 spiro atoms. The van der Waals surface area contributed by atoms with Crippen LogP contribution in [0.5, 0.6) is 0 Å². The summed E-state index contributed by atoms with van der Waals surface area (Å²) >= 11 is 0. The van der Waals surface area contributed by atoms with Crippen molar-refractivity contribution in [2.75, 3.05) is 0 Å². The fourth-order valence-corrected chi connectivity index (χ4v) is 1.00. The molecule has 0 aromatic carbocycles. The molecule has 0 saturated carbocycles. The van der Waals surface area contributed by atoms with Gasteiger partial charge in [-0.05, 0) is 11.3 Å². The normalized spacial score (nSPS) is 16.3. The number of aliphatic hydroxyl groups is 1. The van der Waals surface area contributed by atoms with Gasteiger partial charge in [0.15, 0.2) is 0 Å². The minimum absolute atomic E-state index is 0.0359. The van der Waals surface area contributed by atoms with Gasteiger partial charge in [0, 0.05) is 0 Å². The molecule has 0 aliphatic heterocycles. The maximum Gasteiger partial charge on any atom is 0.0611 e. The van der Waals surface area contributed by atoms with Crippen molar-refractivity contribution < 1.29 is 5.11 Å². The van der Waals surface area contributed by atoms with E-state index in [2.05, 4.69) is 20.8 Å². The highest BCUT2D eigenvalue weighted by Gasteiger charge is 2.24. The summed E-state index contributed by atoms with van der Waals surface area (Å²) in [4.78, 5) is 0. The zero-order valence-corrected chi connectivity index (χ0v) is 7.10. The molecule has 0 saturated heterocycles. The van der Waals surface area contributed by atoms with Gasteiger partial charge in [0.2, 0.25) is 0 Å². The predicted molar refractivity (Wildman–Crippen MR) is 40.3 cm³/mol. The molecule has 0 aliphatic carbocycles. The van der Waals surface area contributed by atoms with Crippen molar-refractivity contribution >= 4 is 0 Å². The zero-order chi connectivity index (χ0) is 7.65. The van der Waals surface area contributed by atoms with Gasteiger partial charge in [-0.1, -0.05) is 34.6 Å². The van der Waals surface area contributed by atoms with Crippen LogP contribution in [0.1, 0.15) is 34.6 Å². The second-order valence-corrected chi connectivity index (χ2v) is 4.05. The van der Waals surface area contributed by atoms with Gasteiger partial charge in [-0.3, -0.25) is 0 Å². The standard InChI is InChI=1S/C8H18O/c1-6(2)7(9)8(3,4)5/h6-7,9H,1-5H3/t7-/m0/s1. The largest absolute Gasteiger partial charge is 0.392 e. The van der Waals surface area contributed by atoms with E-state index in [4.69, 9.17) is 0 Å². The molecule has 1 heteroatoms. The van der Waals surface area contributed by atoms with E-state index < -0.39 is 0 Å². The highest BCUT2D eigenvalue weighted by atomic mass is 16.3. The smallest absolute Gasteiger partial charge is 0.0611 e. The summed E-state index contributed by atoms with van der Waals surface area (Å²) in [6, 6.07) is 0. The first-order valence-corrected chi connectivity index (χ1v) is 3.53. The second kappa shape index (κ2) is 2.70. The van der Waals surface area contributed by atoms with Crippen LogP contribution < -0.4 is 0 Å².